The molecule has 2 heterocycles. The molecule has 0 saturated carbocycles. The van der Waals surface area contributed by atoms with E-state index in [0.717, 1.165) is 18.4 Å². The second-order valence-corrected chi connectivity index (χ2v) is 8.50. The predicted octanol–water partition coefficient (Wildman–Crippen LogP) is 4.98. The van der Waals surface area contributed by atoms with Gasteiger partial charge in [0.15, 0.2) is 0 Å². The third kappa shape index (κ3) is 3.01. The largest absolute Gasteiger partial charge is 0.274 e. The average molecular weight is 440 g/mol. The second kappa shape index (κ2) is 7.96. The summed E-state index contributed by atoms with van der Waals surface area (Å²) in [5.41, 5.74) is 2.31. The van der Waals surface area contributed by atoms with Crippen LogP contribution in [0.25, 0.3) is 10.8 Å². The molecule has 0 saturated heterocycles. The average Bonchev–Trinajstić information content (AvgIpc) is 2.84. The van der Waals surface area contributed by atoms with Gasteiger partial charge in [0.2, 0.25) is 0 Å². The lowest BCUT2D eigenvalue weighted by Gasteiger charge is -2.35. The summed E-state index contributed by atoms with van der Waals surface area (Å²) in [6.07, 6.45) is 2.14. The number of carbonyl (C=O) groups excluding carboxylic acids is 4. The summed E-state index contributed by atoms with van der Waals surface area (Å²) in [6.45, 7) is 4.29. The molecule has 4 amide bonds. The molecule has 33 heavy (non-hydrogen) atoms. The van der Waals surface area contributed by atoms with E-state index in [2.05, 4.69) is 0 Å². The Balaban J connectivity index is 1.68. The zero-order valence-electron chi connectivity index (χ0n) is 18.6. The highest BCUT2D eigenvalue weighted by Gasteiger charge is 2.41. The van der Waals surface area contributed by atoms with Crippen LogP contribution in [0.4, 0.5) is 0 Å². The zero-order valence-corrected chi connectivity index (χ0v) is 18.6. The third-order valence-electron chi connectivity index (χ3n) is 6.63. The first-order valence-corrected chi connectivity index (χ1v) is 11.4. The fourth-order valence-corrected chi connectivity index (χ4v) is 4.99. The molecule has 2 aliphatic rings. The number of carbonyl (C=O) groups is 4. The van der Waals surface area contributed by atoms with Crippen LogP contribution >= 0.6 is 0 Å². The SMILES string of the molecule is CCCCN1C(=O)c2ccc3c4c(ccc(c24)C1=O)C(=O)N(C(CC)c1ccccc1)C3=O. The van der Waals surface area contributed by atoms with Crippen molar-refractivity contribution in [3.63, 3.8) is 0 Å². The molecule has 0 aliphatic carbocycles. The molecule has 0 N–H and O–H groups in total. The molecular weight excluding hydrogens is 416 g/mol. The van der Waals surface area contributed by atoms with E-state index in [-0.39, 0.29) is 11.8 Å². The quantitative estimate of drug-likeness (QED) is 0.507. The van der Waals surface area contributed by atoms with Crippen LogP contribution in [0.5, 0.6) is 0 Å². The van der Waals surface area contributed by atoms with Crippen LogP contribution in [-0.4, -0.2) is 40.0 Å². The van der Waals surface area contributed by atoms with Crippen molar-refractivity contribution in [1.29, 1.82) is 0 Å². The van der Waals surface area contributed by atoms with Crippen molar-refractivity contribution in [2.24, 2.45) is 0 Å². The topological polar surface area (TPSA) is 74.8 Å². The third-order valence-corrected chi connectivity index (χ3v) is 6.63. The standard InChI is InChI=1S/C27H24N2O4/c1-3-5-15-28-24(30)17-11-13-19-23-20(14-12-18(22(17)23)25(28)31)27(33)29(26(19)32)21(4-2)16-9-7-6-8-10-16/h6-14,21H,3-5,15H2,1-2H3. The van der Waals surface area contributed by atoms with E-state index in [1.807, 2.05) is 44.2 Å². The second-order valence-electron chi connectivity index (χ2n) is 8.50. The van der Waals surface area contributed by atoms with Gasteiger partial charge in [0, 0.05) is 39.6 Å². The van der Waals surface area contributed by atoms with Crippen LogP contribution in [0.1, 0.15) is 86.1 Å². The Morgan fingerprint density at radius 2 is 1.15 bits per heavy atom. The summed E-state index contributed by atoms with van der Waals surface area (Å²) >= 11 is 0. The highest BCUT2D eigenvalue weighted by Crippen LogP contribution is 2.40. The van der Waals surface area contributed by atoms with E-state index < -0.39 is 17.9 Å². The van der Waals surface area contributed by atoms with Gasteiger partial charge in [-0.25, -0.2) is 0 Å². The number of unbranched alkanes of at least 4 members (excludes halogenated alkanes) is 1. The molecule has 3 aromatic carbocycles. The van der Waals surface area contributed by atoms with Crippen molar-refractivity contribution in [3.05, 3.63) is 82.4 Å². The lowest BCUT2D eigenvalue weighted by atomic mass is 9.85. The van der Waals surface area contributed by atoms with E-state index in [0.29, 0.717) is 46.0 Å². The van der Waals surface area contributed by atoms with E-state index in [1.54, 1.807) is 24.3 Å². The molecule has 0 fully saturated rings. The van der Waals surface area contributed by atoms with Crippen LogP contribution in [0.15, 0.2) is 54.6 Å². The van der Waals surface area contributed by atoms with Crippen molar-refractivity contribution in [3.8, 4) is 0 Å². The minimum atomic E-state index is -0.408. The van der Waals surface area contributed by atoms with Crippen LogP contribution in [-0.2, 0) is 0 Å². The van der Waals surface area contributed by atoms with Crippen molar-refractivity contribution in [1.82, 2.24) is 9.80 Å². The summed E-state index contributed by atoms with van der Waals surface area (Å²) in [5.74, 6) is -1.55. The molecule has 2 aliphatic heterocycles. The Labute approximate surface area is 191 Å². The number of benzene rings is 3. The summed E-state index contributed by atoms with van der Waals surface area (Å²) in [5, 5.41) is 0.831. The maximum Gasteiger partial charge on any atom is 0.261 e. The van der Waals surface area contributed by atoms with Crippen molar-refractivity contribution < 1.29 is 19.2 Å². The molecule has 6 nitrogen and oxygen atoms in total. The monoisotopic (exact) mass is 440 g/mol. The van der Waals surface area contributed by atoms with Gasteiger partial charge in [-0.2, -0.15) is 0 Å². The maximum atomic E-state index is 13.6. The minimum Gasteiger partial charge on any atom is -0.274 e. The Bertz CT molecular complexity index is 1260. The fourth-order valence-electron chi connectivity index (χ4n) is 4.99. The Morgan fingerprint density at radius 1 is 0.667 bits per heavy atom. The summed E-state index contributed by atoms with van der Waals surface area (Å²) in [7, 11) is 0. The van der Waals surface area contributed by atoms with Gasteiger partial charge in [-0.05, 0) is 42.7 Å². The number of hydrogen-bond donors (Lipinski definition) is 0. The summed E-state index contributed by atoms with van der Waals surface area (Å²) in [6, 6.07) is 15.6. The van der Waals surface area contributed by atoms with Gasteiger partial charge in [0.25, 0.3) is 23.6 Å². The van der Waals surface area contributed by atoms with Gasteiger partial charge >= 0.3 is 0 Å². The van der Waals surface area contributed by atoms with Crippen LogP contribution in [0, 0.1) is 0 Å². The van der Waals surface area contributed by atoms with E-state index in [1.165, 1.54) is 9.80 Å². The first-order valence-electron chi connectivity index (χ1n) is 11.4. The Morgan fingerprint density at radius 3 is 1.61 bits per heavy atom. The molecule has 0 aromatic heterocycles. The Kier molecular flexibility index (Phi) is 5.08. The van der Waals surface area contributed by atoms with Gasteiger partial charge < -0.3 is 0 Å². The number of hydrogen-bond acceptors (Lipinski definition) is 4. The van der Waals surface area contributed by atoms with Crippen LogP contribution in [0.2, 0.25) is 0 Å². The van der Waals surface area contributed by atoms with Crippen molar-refractivity contribution in [2.45, 2.75) is 39.2 Å². The fraction of sp³-hybridized carbons (Fsp3) is 0.259. The molecular formula is C27H24N2O4. The highest BCUT2D eigenvalue weighted by atomic mass is 16.2. The molecule has 166 valence electrons. The van der Waals surface area contributed by atoms with Crippen LogP contribution in [0.3, 0.4) is 0 Å². The smallest absolute Gasteiger partial charge is 0.261 e. The molecule has 1 unspecified atom stereocenters. The summed E-state index contributed by atoms with van der Waals surface area (Å²) < 4.78 is 0. The molecule has 6 heteroatoms. The lowest BCUT2D eigenvalue weighted by Crippen LogP contribution is -2.44. The number of imide groups is 2. The molecule has 0 bridgehead atoms. The normalized spacial score (nSPS) is 16.1. The van der Waals surface area contributed by atoms with E-state index in [9.17, 15) is 19.2 Å². The number of amides is 4. The van der Waals surface area contributed by atoms with Gasteiger partial charge in [-0.1, -0.05) is 50.6 Å². The molecule has 0 radical (unpaired) electrons. The number of rotatable bonds is 6. The Hall–Kier alpha value is -3.80. The first-order chi connectivity index (χ1) is 16.0. The zero-order chi connectivity index (χ0) is 23.3. The predicted molar refractivity (Wildman–Crippen MR) is 124 cm³/mol. The highest BCUT2D eigenvalue weighted by molar-refractivity contribution is 6.33. The van der Waals surface area contributed by atoms with Crippen molar-refractivity contribution in [2.75, 3.05) is 6.54 Å². The molecule has 0 spiro atoms. The molecule has 3 aromatic rings. The first kappa shape index (κ1) is 21.1. The van der Waals surface area contributed by atoms with Gasteiger partial charge in [-0.15, -0.1) is 0 Å². The number of nitrogens with zero attached hydrogens (tertiary/aromatic N) is 2. The van der Waals surface area contributed by atoms with Gasteiger partial charge in [0.05, 0.1) is 6.04 Å². The van der Waals surface area contributed by atoms with Gasteiger partial charge in [-0.3, -0.25) is 29.0 Å². The summed E-state index contributed by atoms with van der Waals surface area (Å²) in [4.78, 5) is 56.1. The molecule has 1 atom stereocenters. The van der Waals surface area contributed by atoms with Gasteiger partial charge in [0.1, 0.15) is 0 Å². The van der Waals surface area contributed by atoms with Crippen LogP contribution < -0.4 is 0 Å². The molecule has 5 rings (SSSR count). The van der Waals surface area contributed by atoms with E-state index in [4.69, 9.17) is 0 Å². The maximum absolute atomic E-state index is 13.6. The van der Waals surface area contributed by atoms with E-state index >= 15 is 0 Å². The van der Waals surface area contributed by atoms with Crippen molar-refractivity contribution >= 4 is 34.4 Å². The minimum absolute atomic E-state index is 0.347. The lowest BCUT2D eigenvalue weighted by molar-refractivity contribution is 0.0526.